The predicted octanol–water partition coefficient (Wildman–Crippen LogP) is 11.0. The van der Waals surface area contributed by atoms with Crippen LogP contribution >= 0.6 is 142 Å². The highest BCUT2D eigenvalue weighted by Gasteiger charge is 2.38. The molecule has 0 saturated carbocycles. The summed E-state index contributed by atoms with van der Waals surface area (Å²) in [5, 5.41) is 42.4. The highest BCUT2D eigenvalue weighted by atomic mass is 32.2. The van der Waals surface area contributed by atoms with Gasteiger partial charge in [-0.3, -0.25) is 90.8 Å². The maximum absolute atomic E-state index is 14.1. The number of allylic oxidation sites excluding steroid dienone is 1. The van der Waals surface area contributed by atoms with Crippen LogP contribution in [0.3, 0.4) is 0 Å². The van der Waals surface area contributed by atoms with Gasteiger partial charge in [-0.1, -0.05) is 247 Å². The Balaban J connectivity index is 0.834. The number of benzene rings is 7. The summed E-state index contributed by atoms with van der Waals surface area (Å²) in [5.74, 6) is -6.69. The summed E-state index contributed by atoms with van der Waals surface area (Å²) < 4.78 is 5.50. The zero-order chi connectivity index (χ0) is 91.2. The number of thiazole rings is 3. The maximum Gasteiger partial charge on any atom is 0.323 e. The molecule has 5 N–H and O–H groups in total. The molecule has 10 aromatic rings. The van der Waals surface area contributed by atoms with Crippen LogP contribution in [-0.2, 0) is 62.8 Å². The number of aliphatic carboxylic acids is 4. The van der Waals surface area contributed by atoms with Crippen LogP contribution in [0.5, 0.6) is 0 Å². The van der Waals surface area contributed by atoms with Gasteiger partial charge in [-0.25, -0.2) is 0 Å². The van der Waals surface area contributed by atoms with E-state index in [1.165, 1.54) is 19.6 Å². The van der Waals surface area contributed by atoms with E-state index in [0.29, 0.717) is 45.8 Å². The third-order valence-corrected chi connectivity index (χ3v) is 30.8. The topological polar surface area (TPSA) is 329 Å². The van der Waals surface area contributed by atoms with Crippen LogP contribution in [0.2, 0.25) is 0 Å². The first-order valence-corrected chi connectivity index (χ1v) is 47.2. The van der Waals surface area contributed by atoms with Crippen molar-refractivity contribution in [2.75, 3.05) is 37.6 Å². The summed E-state index contributed by atoms with van der Waals surface area (Å²) in [7, 11) is 0. The van der Waals surface area contributed by atoms with E-state index in [1.807, 2.05) is 189 Å². The third kappa shape index (κ3) is 20.2. The number of nitrogens with one attached hydrogen (secondary N) is 1. The van der Waals surface area contributed by atoms with Gasteiger partial charge in [0, 0.05) is 43.2 Å². The minimum Gasteiger partial charge on any atom is -0.480 e. The molecule has 4 aliphatic heterocycles. The summed E-state index contributed by atoms with van der Waals surface area (Å²) in [6.07, 6.45) is 11.2. The van der Waals surface area contributed by atoms with E-state index in [2.05, 4.69) is 10.2 Å². The molecule has 7 aromatic carbocycles. The number of aromatic nitrogens is 3. The fraction of sp³-hybridized carbons (Fsp3) is 0.143. The quantitative estimate of drug-likeness (QED) is 0.0126. The Bertz CT molecular complexity index is 6930. The van der Waals surface area contributed by atoms with E-state index in [1.54, 1.807) is 52.0 Å². The normalized spacial score (nSPS) is 16.8. The van der Waals surface area contributed by atoms with Crippen molar-refractivity contribution in [2.24, 2.45) is 0 Å². The number of rotatable bonds is 29. The lowest BCUT2D eigenvalue weighted by atomic mass is 9.94. The molecule has 4 aliphatic rings. The molecule has 4 saturated heterocycles. The Kier molecular flexibility index (Phi) is 29.0. The molecule has 4 amide bonds. The number of carbonyl (C=O) groups is 9. The molecule has 0 atom stereocenters. The van der Waals surface area contributed by atoms with E-state index in [-0.39, 0.29) is 83.3 Å². The molecule has 0 radical (unpaired) electrons. The van der Waals surface area contributed by atoms with Gasteiger partial charge in [0.2, 0.25) is 0 Å². The SMILES string of the molecule is CCN1C(=O)/C(=c2/s/c(=C\c3ccc(/C(=C\c4ccc(N(c5ccc(C)cc5)c5ccc(/C=C(\c6ccc(/C=c7\s/c(=C8\SC(=S)N(CC)C8=O)n(CC(=O)O)c7=O)cc6)c6ccc(/C=c7/s/c(=C8\SC(=S)N(CC)C8=O)n(CC(=O)O)c7=O)cc6)cc5)cc4)c4ccc(/C=C(\C=O)S/C(NCC(=O)O)=C5/SC(=S)N(CC)C5=O)cc4)cc3)c(=O)n2CC(=O)O)SC1=S. The second-order valence-electron chi connectivity index (χ2n) is 28.4. The first-order chi connectivity index (χ1) is 61.4. The molecular weight excluding hydrogens is 1860 g/mol. The maximum atomic E-state index is 14.1. The van der Waals surface area contributed by atoms with E-state index >= 15 is 0 Å². The zero-order valence-electron chi connectivity index (χ0n) is 68.0. The lowest BCUT2D eigenvalue weighted by Gasteiger charge is -2.26. The van der Waals surface area contributed by atoms with Crippen molar-refractivity contribution in [2.45, 2.75) is 54.3 Å². The fourth-order valence-corrected chi connectivity index (χ4v) is 24.2. The molecule has 4 fully saturated rings. The van der Waals surface area contributed by atoms with Crippen molar-refractivity contribution < 1.29 is 63.6 Å². The summed E-state index contributed by atoms with van der Waals surface area (Å²) in [5.41, 5.74) is 10.0. The summed E-state index contributed by atoms with van der Waals surface area (Å²) >= 11 is 29.8. The number of carbonyl (C=O) groups excluding carboxylic acids is 5. The molecule has 37 heteroatoms. The molecular formula is C91H71N9O16S12. The molecule has 128 heavy (non-hydrogen) atoms. The Labute approximate surface area is 783 Å². The second kappa shape index (κ2) is 40.2. The number of thiocarbonyl (C=S) groups is 4. The molecule has 0 unspecified atom stereocenters. The third-order valence-electron chi connectivity index (χ3n) is 20.1. The van der Waals surface area contributed by atoms with Gasteiger partial charge in [0.05, 0.1) is 23.5 Å². The number of hydrogen-bond acceptors (Lipinski definition) is 26. The van der Waals surface area contributed by atoms with Gasteiger partial charge in [0.15, 0.2) is 6.29 Å². The number of aryl methyl sites for hydroxylation is 1. The molecule has 0 aliphatic carbocycles. The Morgan fingerprint density at radius 2 is 0.680 bits per heavy atom. The van der Waals surface area contributed by atoms with Crippen LogP contribution in [0.4, 0.5) is 17.1 Å². The average Bonchev–Trinajstić information content (AvgIpc) is 1.64. The van der Waals surface area contributed by atoms with Gasteiger partial charge in [-0.2, -0.15) is 0 Å². The van der Waals surface area contributed by atoms with E-state index in [9.17, 15) is 78.0 Å². The Hall–Kier alpha value is -11.9. The van der Waals surface area contributed by atoms with Crippen molar-refractivity contribution in [1.29, 1.82) is 0 Å². The molecule has 25 nitrogen and oxygen atoms in total. The van der Waals surface area contributed by atoms with Crippen molar-refractivity contribution in [3.63, 3.8) is 0 Å². The minimum absolute atomic E-state index is 0.154. The number of carboxylic acids is 4. The number of hydrogen-bond donors (Lipinski definition) is 5. The molecule has 7 heterocycles. The number of carboxylic acid groups (broad SMARTS) is 4. The highest BCUT2D eigenvalue weighted by molar-refractivity contribution is 8.31. The molecule has 648 valence electrons. The van der Waals surface area contributed by atoms with E-state index in [0.717, 1.165) is 174 Å². The standard InChI is InChI=1S/C91H71N9O16S12/c1-6-93-81(113)73(125-88(93)117)77(92-44-69(102)103)121-63(48-101)38-50-12-24-56(25-13-50)64(57-26-14-53(15-27-57)41-66-78(110)97(45-70(104)105)85(122-66)74-82(114)94(7-2)89(118)126-74)39-51-20-34-61(35-21-51)100(60-32-10-49(5)11-33-60)62-36-22-52(23-37-62)40-65(58-28-16-54(17-29-58)42-67-79(111)98(46-71(106)107)86(123-67)75-83(115)95(8-3)90(119)127-75)59-30-18-55(19-31-59)43-68-80(112)99(47-72(108)109)87(124-68)76-84(116)96(9-4)91(120)128-76/h10-43,48,92H,6-9,44-47H2,1-5H3,(H,102,103)(H,104,105)(H,106,107)(H,108,109)/b63-38+,64-39-,65-40-,66-41-,67-42+,68-43-,77-73+,85-74-,86-75-,87-76-. The molecule has 0 spiro atoms. The largest absolute Gasteiger partial charge is 0.480 e. The molecule has 3 aromatic heterocycles. The second-order valence-corrected chi connectivity index (χ2v) is 39.1. The summed E-state index contributed by atoms with van der Waals surface area (Å²) in [4.78, 5) is 166. The predicted molar refractivity (Wildman–Crippen MR) is 527 cm³/mol. The number of likely N-dealkylation sites (N-methyl/N-ethyl adjacent to an activating group) is 1. The smallest absolute Gasteiger partial charge is 0.323 e. The first-order valence-electron chi connectivity index (χ1n) is 39.1. The van der Waals surface area contributed by atoms with Gasteiger partial charge in [-0.05, 0) is 174 Å². The van der Waals surface area contributed by atoms with E-state index < -0.39 is 90.4 Å². The Morgan fingerprint density at radius 1 is 0.391 bits per heavy atom. The fourth-order valence-electron chi connectivity index (χ4n) is 13.9. The van der Waals surface area contributed by atoms with Crippen molar-refractivity contribution in [3.8, 4) is 0 Å². The Morgan fingerprint density at radius 3 is 0.969 bits per heavy atom. The lowest BCUT2D eigenvalue weighted by Crippen LogP contribution is -2.35. The van der Waals surface area contributed by atoms with Crippen molar-refractivity contribution in [3.05, 3.63) is 305 Å². The summed E-state index contributed by atoms with van der Waals surface area (Å²) in [6.45, 7) is 7.61. The first kappa shape index (κ1) is 92.3. The van der Waals surface area contributed by atoms with Gasteiger partial charge >= 0.3 is 23.9 Å². The molecule has 0 bridgehead atoms. The van der Waals surface area contributed by atoms with Crippen LogP contribution in [0.1, 0.15) is 88.9 Å². The van der Waals surface area contributed by atoms with Crippen LogP contribution in [-0.4, -0.2) is 158 Å². The number of aldehydes is 1. The van der Waals surface area contributed by atoms with Crippen molar-refractivity contribution >= 4 is 292 Å². The minimum atomic E-state index is -1.27. The van der Waals surface area contributed by atoms with Crippen molar-refractivity contribution in [1.82, 2.24) is 38.6 Å². The van der Waals surface area contributed by atoms with Gasteiger partial charge < -0.3 is 30.6 Å². The average molecular weight is 1930 g/mol. The lowest BCUT2D eigenvalue weighted by molar-refractivity contribution is -0.138. The van der Waals surface area contributed by atoms with Gasteiger partial charge in [0.25, 0.3) is 40.3 Å². The highest BCUT2D eigenvalue weighted by Crippen LogP contribution is 2.41. The van der Waals surface area contributed by atoms with Crippen LogP contribution in [0.25, 0.3) is 62.3 Å². The monoisotopic (exact) mass is 1930 g/mol. The van der Waals surface area contributed by atoms with Gasteiger partial charge in [0.1, 0.15) is 77.1 Å². The molecule has 14 rings (SSSR count). The number of anilines is 3. The van der Waals surface area contributed by atoms with Crippen LogP contribution < -0.4 is 54.5 Å². The zero-order valence-corrected chi connectivity index (χ0v) is 77.8. The van der Waals surface area contributed by atoms with E-state index in [4.69, 9.17) is 48.9 Å². The number of nitrogens with zero attached hydrogens (tertiary/aromatic N) is 8. The van der Waals surface area contributed by atoms with Crippen LogP contribution in [0.15, 0.2) is 199 Å². The summed E-state index contributed by atoms with van der Waals surface area (Å²) in [6, 6.07) is 53.6. The number of amides is 4. The van der Waals surface area contributed by atoms with Gasteiger partial charge in [-0.15, -0.1) is 34.0 Å². The van der Waals surface area contributed by atoms with Crippen LogP contribution in [0, 0.1) is 6.92 Å². The number of thioether (sulfide) groups is 5.